The first kappa shape index (κ1) is 13.6. The summed E-state index contributed by atoms with van der Waals surface area (Å²) in [5.74, 6) is 0.796. The number of thiophene rings is 1. The Kier molecular flexibility index (Phi) is 4.78. The van der Waals surface area contributed by atoms with E-state index < -0.39 is 0 Å². The number of methoxy groups -OCH3 is 1. The zero-order valence-corrected chi connectivity index (χ0v) is 11.9. The molecule has 4 heteroatoms. The molecule has 18 heavy (non-hydrogen) atoms. The van der Waals surface area contributed by atoms with Crippen LogP contribution < -0.4 is 5.32 Å². The second kappa shape index (κ2) is 6.34. The lowest BCUT2D eigenvalue weighted by Crippen LogP contribution is -2.25. The van der Waals surface area contributed by atoms with Crippen LogP contribution in [0.2, 0.25) is 0 Å². The Hall–Kier alpha value is -0.870. The average Bonchev–Trinajstić information content (AvgIpc) is 3.05. The molecular weight excluding hydrogens is 246 g/mol. The normalized spacial score (nSPS) is 16.6. The minimum Gasteiger partial charge on any atom is -0.469 e. The van der Waals surface area contributed by atoms with Gasteiger partial charge < -0.3 is 10.1 Å². The molecule has 0 bridgehead atoms. The number of ether oxygens (including phenoxy) is 1. The van der Waals surface area contributed by atoms with Crippen molar-refractivity contribution in [1.29, 1.82) is 0 Å². The van der Waals surface area contributed by atoms with Crippen LogP contribution in [0.3, 0.4) is 0 Å². The quantitative estimate of drug-likeness (QED) is 0.772. The van der Waals surface area contributed by atoms with E-state index in [1.807, 2.05) is 6.07 Å². The summed E-state index contributed by atoms with van der Waals surface area (Å²) < 4.78 is 4.66. The van der Waals surface area contributed by atoms with Crippen LogP contribution in [0.25, 0.3) is 0 Å². The summed E-state index contributed by atoms with van der Waals surface area (Å²) in [6.07, 6.45) is 4.50. The van der Waals surface area contributed by atoms with Gasteiger partial charge in [-0.25, -0.2) is 0 Å². The highest BCUT2D eigenvalue weighted by atomic mass is 32.1. The van der Waals surface area contributed by atoms with E-state index in [1.54, 1.807) is 11.3 Å². The van der Waals surface area contributed by atoms with Crippen LogP contribution in [0.5, 0.6) is 0 Å². The van der Waals surface area contributed by atoms with E-state index in [4.69, 9.17) is 0 Å². The predicted octanol–water partition coefficient (Wildman–Crippen LogP) is 2.74. The Morgan fingerprint density at radius 3 is 2.89 bits per heavy atom. The summed E-state index contributed by atoms with van der Waals surface area (Å²) in [5.41, 5.74) is 0. The molecule has 100 valence electrons. The lowest BCUT2D eigenvalue weighted by molar-refractivity contribution is -0.139. The van der Waals surface area contributed by atoms with Gasteiger partial charge in [-0.05, 0) is 31.4 Å². The fourth-order valence-corrected chi connectivity index (χ4v) is 2.99. The third-order valence-electron chi connectivity index (χ3n) is 3.27. The maximum Gasteiger partial charge on any atom is 0.310 e. The van der Waals surface area contributed by atoms with Crippen molar-refractivity contribution in [3.63, 3.8) is 0 Å². The first-order chi connectivity index (χ1) is 8.67. The van der Waals surface area contributed by atoms with Crippen molar-refractivity contribution in [2.75, 3.05) is 7.11 Å². The number of hydrogen-bond acceptors (Lipinski definition) is 4. The zero-order valence-electron chi connectivity index (χ0n) is 11.1. The van der Waals surface area contributed by atoms with Crippen molar-refractivity contribution in [2.24, 2.45) is 5.92 Å². The van der Waals surface area contributed by atoms with Gasteiger partial charge in [0.15, 0.2) is 0 Å². The largest absolute Gasteiger partial charge is 0.469 e. The van der Waals surface area contributed by atoms with E-state index in [-0.39, 0.29) is 5.97 Å². The lowest BCUT2D eigenvalue weighted by Gasteiger charge is -2.11. The van der Waals surface area contributed by atoms with Gasteiger partial charge in [0.1, 0.15) is 0 Å². The van der Waals surface area contributed by atoms with Gasteiger partial charge in [0.05, 0.1) is 13.5 Å². The third kappa shape index (κ3) is 4.42. The molecule has 0 aromatic carbocycles. The van der Waals surface area contributed by atoms with Crippen LogP contribution in [0.4, 0.5) is 0 Å². The van der Waals surface area contributed by atoms with Gasteiger partial charge in [0, 0.05) is 22.3 Å². The highest BCUT2D eigenvalue weighted by Gasteiger charge is 2.23. The minimum absolute atomic E-state index is 0.168. The van der Waals surface area contributed by atoms with Gasteiger partial charge in [-0.2, -0.15) is 0 Å². The monoisotopic (exact) mass is 267 g/mol. The van der Waals surface area contributed by atoms with Crippen molar-refractivity contribution < 1.29 is 9.53 Å². The summed E-state index contributed by atoms with van der Waals surface area (Å²) in [5, 5.41) is 3.55. The van der Waals surface area contributed by atoms with Crippen LogP contribution in [0.15, 0.2) is 12.1 Å². The second-order valence-corrected chi connectivity index (χ2v) is 6.33. The molecule has 0 spiro atoms. The molecule has 1 atom stereocenters. The summed E-state index contributed by atoms with van der Waals surface area (Å²) in [4.78, 5) is 13.5. The van der Waals surface area contributed by atoms with Crippen molar-refractivity contribution in [3.8, 4) is 0 Å². The van der Waals surface area contributed by atoms with Gasteiger partial charge in [0.2, 0.25) is 0 Å². The highest BCUT2D eigenvalue weighted by Crippen LogP contribution is 2.33. The van der Waals surface area contributed by atoms with Crippen LogP contribution in [0, 0.1) is 5.92 Å². The van der Waals surface area contributed by atoms with Crippen molar-refractivity contribution in [2.45, 2.75) is 45.2 Å². The Balaban J connectivity index is 1.73. The average molecular weight is 267 g/mol. The minimum atomic E-state index is -0.168. The molecular formula is C14H21NO2S. The summed E-state index contributed by atoms with van der Waals surface area (Å²) in [6, 6.07) is 4.70. The van der Waals surface area contributed by atoms with E-state index in [0.29, 0.717) is 12.5 Å². The molecule has 1 aromatic heterocycles. The van der Waals surface area contributed by atoms with Crippen LogP contribution in [-0.4, -0.2) is 19.1 Å². The molecule has 0 aliphatic heterocycles. The first-order valence-electron chi connectivity index (χ1n) is 6.55. The summed E-state index contributed by atoms with van der Waals surface area (Å²) in [7, 11) is 1.43. The summed E-state index contributed by atoms with van der Waals surface area (Å²) in [6.45, 7) is 3.15. The molecule has 3 nitrogen and oxygen atoms in total. The SMILES string of the molecule is COC(=O)Cc1ccc(CNC(C)CC2CC2)s1. The molecule has 1 aliphatic carbocycles. The Morgan fingerprint density at radius 2 is 2.22 bits per heavy atom. The van der Waals surface area contributed by atoms with E-state index >= 15 is 0 Å². The van der Waals surface area contributed by atoms with Crippen LogP contribution >= 0.6 is 11.3 Å². The molecule has 0 saturated heterocycles. The number of carbonyl (C=O) groups excluding carboxylic acids is 1. The number of rotatable bonds is 7. The predicted molar refractivity (Wildman–Crippen MR) is 73.7 cm³/mol. The molecule has 1 fully saturated rings. The Labute approximate surface area is 113 Å². The molecule has 1 heterocycles. The van der Waals surface area contributed by atoms with Crippen molar-refractivity contribution in [3.05, 3.63) is 21.9 Å². The molecule has 1 aliphatic rings. The van der Waals surface area contributed by atoms with Gasteiger partial charge in [-0.3, -0.25) is 4.79 Å². The highest BCUT2D eigenvalue weighted by molar-refractivity contribution is 7.12. The van der Waals surface area contributed by atoms with Gasteiger partial charge in [0.25, 0.3) is 0 Å². The van der Waals surface area contributed by atoms with Crippen LogP contribution in [-0.2, 0) is 22.5 Å². The second-order valence-electron chi connectivity index (χ2n) is 5.08. The first-order valence-corrected chi connectivity index (χ1v) is 7.37. The lowest BCUT2D eigenvalue weighted by atomic mass is 10.1. The van der Waals surface area contributed by atoms with Gasteiger partial charge >= 0.3 is 5.97 Å². The van der Waals surface area contributed by atoms with Gasteiger partial charge in [-0.1, -0.05) is 12.8 Å². The topological polar surface area (TPSA) is 38.3 Å². The maximum absolute atomic E-state index is 11.2. The standard InChI is InChI=1S/C14H21NO2S/c1-10(7-11-3-4-11)15-9-13-6-5-12(18-13)8-14(16)17-2/h5-6,10-11,15H,3-4,7-9H2,1-2H3. The van der Waals surface area contributed by atoms with Crippen molar-refractivity contribution in [1.82, 2.24) is 5.32 Å². The molecule has 1 unspecified atom stereocenters. The van der Waals surface area contributed by atoms with E-state index in [0.717, 1.165) is 17.3 Å². The fraction of sp³-hybridized carbons (Fsp3) is 0.643. The molecule has 0 radical (unpaired) electrons. The molecule has 0 amide bonds. The smallest absolute Gasteiger partial charge is 0.310 e. The Morgan fingerprint density at radius 1 is 1.50 bits per heavy atom. The summed E-state index contributed by atoms with van der Waals surface area (Å²) >= 11 is 1.69. The number of hydrogen-bond donors (Lipinski definition) is 1. The van der Waals surface area contributed by atoms with E-state index in [1.165, 1.54) is 31.2 Å². The molecule has 1 saturated carbocycles. The van der Waals surface area contributed by atoms with E-state index in [2.05, 4.69) is 23.0 Å². The molecule has 1 N–H and O–H groups in total. The molecule has 1 aromatic rings. The number of esters is 1. The Bertz CT molecular complexity index is 398. The number of nitrogens with one attached hydrogen (secondary N) is 1. The molecule has 2 rings (SSSR count). The fourth-order valence-electron chi connectivity index (χ4n) is 2.04. The maximum atomic E-state index is 11.2. The van der Waals surface area contributed by atoms with Gasteiger partial charge in [-0.15, -0.1) is 11.3 Å². The van der Waals surface area contributed by atoms with Crippen LogP contribution in [0.1, 0.15) is 35.9 Å². The number of carbonyl (C=O) groups is 1. The third-order valence-corrected chi connectivity index (χ3v) is 4.36. The van der Waals surface area contributed by atoms with E-state index in [9.17, 15) is 4.79 Å². The van der Waals surface area contributed by atoms with Crippen molar-refractivity contribution >= 4 is 17.3 Å². The zero-order chi connectivity index (χ0) is 13.0.